The second-order valence-corrected chi connectivity index (χ2v) is 4.44. The predicted octanol–water partition coefficient (Wildman–Crippen LogP) is 3.46. The number of pyridine rings is 1. The fraction of sp³-hybridized carbons (Fsp3) is 0.154. The Hall–Kier alpha value is -1.29. The largest absolute Gasteiger partial charge is 0.488 e. The third-order valence-electron chi connectivity index (χ3n) is 2.47. The van der Waals surface area contributed by atoms with Gasteiger partial charge in [-0.05, 0) is 18.2 Å². The molecule has 0 aliphatic carbocycles. The molecule has 0 amide bonds. The molecule has 0 aliphatic rings. The lowest BCUT2D eigenvalue weighted by atomic mass is 10.2. The van der Waals surface area contributed by atoms with E-state index < -0.39 is 0 Å². The van der Waals surface area contributed by atoms with Crippen molar-refractivity contribution in [1.82, 2.24) is 4.98 Å². The molecule has 0 unspecified atom stereocenters. The van der Waals surface area contributed by atoms with Gasteiger partial charge < -0.3 is 9.84 Å². The topological polar surface area (TPSA) is 42.4 Å². The van der Waals surface area contributed by atoms with Crippen LogP contribution in [0.25, 0.3) is 0 Å². The molecule has 1 N–H and O–H groups in total. The molecule has 1 heterocycles. The van der Waals surface area contributed by atoms with Crippen LogP contribution in [0.4, 0.5) is 0 Å². The van der Waals surface area contributed by atoms with Crippen LogP contribution in [0.1, 0.15) is 11.1 Å². The van der Waals surface area contributed by atoms with Gasteiger partial charge in [0.05, 0.1) is 11.6 Å². The molecule has 1 aromatic carbocycles. The van der Waals surface area contributed by atoms with Crippen LogP contribution in [0, 0.1) is 0 Å². The maximum atomic E-state index is 9.25. The number of rotatable bonds is 4. The monoisotopic (exact) mass is 283 g/mol. The number of benzene rings is 1. The molecule has 0 fully saturated rings. The van der Waals surface area contributed by atoms with Gasteiger partial charge >= 0.3 is 0 Å². The molecule has 0 saturated carbocycles. The van der Waals surface area contributed by atoms with E-state index in [1.54, 1.807) is 36.7 Å². The van der Waals surface area contributed by atoms with Crippen molar-refractivity contribution in [3.05, 3.63) is 57.8 Å². The fourth-order valence-corrected chi connectivity index (χ4v) is 1.90. The smallest absolute Gasteiger partial charge is 0.126 e. The highest BCUT2D eigenvalue weighted by molar-refractivity contribution is 6.31. The first-order chi connectivity index (χ1) is 8.72. The van der Waals surface area contributed by atoms with Crippen LogP contribution in [0.3, 0.4) is 0 Å². The minimum atomic E-state index is -0.168. The summed E-state index contributed by atoms with van der Waals surface area (Å²) < 4.78 is 5.62. The molecule has 3 nitrogen and oxygen atoms in total. The van der Waals surface area contributed by atoms with Gasteiger partial charge in [-0.1, -0.05) is 29.3 Å². The second kappa shape index (κ2) is 6.05. The standard InChI is InChI=1S/C13H11Cl2NO2/c14-11-2-1-3-13(10(11)7-17)18-8-9-4-5-16-6-12(9)15/h1-6,17H,7-8H2. The highest BCUT2D eigenvalue weighted by Gasteiger charge is 2.08. The van der Waals surface area contributed by atoms with Crippen LogP contribution in [-0.4, -0.2) is 10.1 Å². The summed E-state index contributed by atoms with van der Waals surface area (Å²) in [7, 11) is 0. The van der Waals surface area contributed by atoms with Crippen LogP contribution in [0.2, 0.25) is 10.0 Å². The summed E-state index contributed by atoms with van der Waals surface area (Å²) in [5, 5.41) is 10.3. The molecule has 0 aliphatic heterocycles. The first-order valence-corrected chi connectivity index (χ1v) is 6.07. The Bertz CT molecular complexity index is 546. The van der Waals surface area contributed by atoms with Crippen LogP contribution in [0.5, 0.6) is 5.75 Å². The Morgan fingerprint density at radius 3 is 2.72 bits per heavy atom. The predicted molar refractivity (Wildman–Crippen MR) is 71.0 cm³/mol. The van der Waals surface area contributed by atoms with Crippen molar-refractivity contribution in [3.63, 3.8) is 0 Å². The maximum Gasteiger partial charge on any atom is 0.126 e. The Balaban J connectivity index is 2.16. The summed E-state index contributed by atoms with van der Waals surface area (Å²) >= 11 is 11.9. The third-order valence-corrected chi connectivity index (χ3v) is 3.17. The molecule has 2 rings (SSSR count). The van der Waals surface area contributed by atoms with Crippen molar-refractivity contribution in [2.24, 2.45) is 0 Å². The normalized spacial score (nSPS) is 10.4. The van der Waals surface area contributed by atoms with E-state index in [-0.39, 0.29) is 6.61 Å². The zero-order chi connectivity index (χ0) is 13.0. The van der Waals surface area contributed by atoms with Crippen molar-refractivity contribution in [3.8, 4) is 5.75 Å². The van der Waals surface area contributed by atoms with E-state index in [4.69, 9.17) is 27.9 Å². The Labute approximate surface area is 115 Å². The number of aliphatic hydroxyl groups is 1. The molecular weight excluding hydrogens is 273 g/mol. The van der Waals surface area contributed by atoms with Gasteiger partial charge in [-0.2, -0.15) is 0 Å². The number of aromatic nitrogens is 1. The van der Waals surface area contributed by atoms with Crippen molar-refractivity contribution < 1.29 is 9.84 Å². The lowest BCUT2D eigenvalue weighted by Crippen LogP contribution is -2.00. The number of hydrogen-bond donors (Lipinski definition) is 1. The first-order valence-electron chi connectivity index (χ1n) is 5.32. The van der Waals surface area contributed by atoms with Gasteiger partial charge in [0.2, 0.25) is 0 Å². The number of hydrogen-bond acceptors (Lipinski definition) is 3. The Morgan fingerprint density at radius 2 is 2.00 bits per heavy atom. The molecular formula is C13H11Cl2NO2. The summed E-state index contributed by atoms with van der Waals surface area (Å²) in [4.78, 5) is 3.90. The average molecular weight is 284 g/mol. The minimum Gasteiger partial charge on any atom is -0.488 e. The van der Waals surface area contributed by atoms with Gasteiger partial charge in [0.15, 0.2) is 0 Å². The highest BCUT2D eigenvalue weighted by atomic mass is 35.5. The zero-order valence-electron chi connectivity index (χ0n) is 9.44. The van der Waals surface area contributed by atoms with Gasteiger partial charge in [0, 0.05) is 28.5 Å². The summed E-state index contributed by atoms with van der Waals surface area (Å²) in [5.74, 6) is 0.554. The number of halogens is 2. The van der Waals surface area contributed by atoms with Crippen LogP contribution >= 0.6 is 23.2 Å². The second-order valence-electron chi connectivity index (χ2n) is 3.63. The fourth-order valence-electron chi connectivity index (χ4n) is 1.50. The van der Waals surface area contributed by atoms with Crippen molar-refractivity contribution in [1.29, 1.82) is 0 Å². The molecule has 0 atom stereocenters. The summed E-state index contributed by atoms with van der Waals surface area (Å²) in [5.41, 5.74) is 1.40. The van der Waals surface area contributed by atoms with E-state index in [1.165, 1.54) is 0 Å². The number of ether oxygens (including phenoxy) is 1. The van der Waals surface area contributed by atoms with Gasteiger partial charge in [-0.15, -0.1) is 0 Å². The van der Waals surface area contributed by atoms with E-state index in [0.29, 0.717) is 28.0 Å². The first kappa shape index (κ1) is 13.1. The molecule has 0 spiro atoms. The molecule has 0 bridgehead atoms. The van der Waals surface area contributed by atoms with Crippen LogP contribution in [-0.2, 0) is 13.2 Å². The van der Waals surface area contributed by atoms with Gasteiger partial charge in [0.1, 0.15) is 12.4 Å². The van der Waals surface area contributed by atoms with E-state index in [2.05, 4.69) is 4.98 Å². The van der Waals surface area contributed by atoms with Gasteiger partial charge in [0.25, 0.3) is 0 Å². The molecule has 94 valence electrons. The quantitative estimate of drug-likeness (QED) is 0.934. The van der Waals surface area contributed by atoms with Crippen LogP contribution in [0.15, 0.2) is 36.7 Å². The van der Waals surface area contributed by atoms with Crippen molar-refractivity contribution in [2.75, 3.05) is 0 Å². The van der Waals surface area contributed by atoms with Gasteiger partial charge in [-0.25, -0.2) is 0 Å². The summed E-state index contributed by atoms with van der Waals surface area (Å²) in [6, 6.07) is 7.02. The summed E-state index contributed by atoms with van der Waals surface area (Å²) in [6.45, 7) is 0.133. The highest BCUT2D eigenvalue weighted by Crippen LogP contribution is 2.27. The van der Waals surface area contributed by atoms with Gasteiger partial charge in [-0.3, -0.25) is 4.98 Å². The van der Waals surface area contributed by atoms with E-state index in [0.717, 1.165) is 5.56 Å². The maximum absolute atomic E-state index is 9.25. The zero-order valence-corrected chi connectivity index (χ0v) is 10.9. The number of nitrogens with zero attached hydrogens (tertiary/aromatic N) is 1. The van der Waals surface area contributed by atoms with Crippen molar-refractivity contribution in [2.45, 2.75) is 13.2 Å². The lowest BCUT2D eigenvalue weighted by molar-refractivity contribution is 0.259. The molecule has 0 radical (unpaired) electrons. The Morgan fingerprint density at radius 1 is 1.17 bits per heavy atom. The van der Waals surface area contributed by atoms with E-state index in [1.807, 2.05) is 0 Å². The SMILES string of the molecule is OCc1c(Cl)cccc1OCc1ccncc1Cl. The third kappa shape index (κ3) is 2.93. The molecule has 5 heteroatoms. The molecule has 18 heavy (non-hydrogen) atoms. The lowest BCUT2D eigenvalue weighted by Gasteiger charge is -2.11. The van der Waals surface area contributed by atoms with E-state index in [9.17, 15) is 5.11 Å². The van der Waals surface area contributed by atoms with E-state index >= 15 is 0 Å². The molecule has 2 aromatic rings. The Kier molecular flexibility index (Phi) is 4.42. The molecule has 1 aromatic heterocycles. The summed E-state index contributed by atoms with van der Waals surface area (Å²) in [6.07, 6.45) is 3.21. The number of aliphatic hydroxyl groups excluding tert-OH is 1. The molecule has 0 saturated heterocycles. The van der Waals surface area contributed by atoms with Crippen LogP contribution < -0.4 is 4.74 Å². The average Bonchev–Trinajstić information content (AvgIpc) is 2.38. The minimum absolute atomic E-state index is 0.168. The van der Waals surface area contributed by atoms with Crippen molar-refractivity contribution >= 4 is 23.2 Å².